The highest BCUT2D eigenvalue weighted by Crippen LogP contribution is 2.24. The first-order valence-electron chi connectivity index (χ1n) is 7.85. The van der Waals surface area contributed by atoms with Crippen LogP contribution in [0.15, 0.2) is 30.7 Å². The highest BCUT2D eigenvalue weighted by atomic mass is 15.2. The molecular formula is C16H21N7. The van der Waals surface area contributed by atoms with Gasteiger partial charge in [0, 0.05) is 18.8 Å². The summed E-state index contributed by atoms with van der Waals surface area (Å²) in [6, 6.07) is 5.95. The van der Waals surface area contributed by atoms with Gasteiger partial charge >= 0.3 is 0 Å². The van der Waals surface area contributed by atoms with Crippen molar-refractivity contribution in [2.45, 2.75) is 33.2 Å². The molecular weight excluding hydrogens is 290 g/mol. The minimum absolute atomic E-state index is 0.275. The Bertz CT molecular complexity index is 780. The molecule has 0 aliphatic rings. The van der Waals surface area contributed by atoms with Crippen molar-refractivity contribution in [3.05, 3.63) is 30.7 Å². The number of hydrogen-bond acceptors (Lipinski definition) is 6. The molecule has 2 N–H and O–H groups in total. The van der Waals surface area contributed by atoms with Crippen LogP contribution in [0.25, 0.3) is 11.2 Å². The lowest BCUT2D eigenvalue weighted by molar-refractivity contribution is 0.613. The van der Waals surface area contributed by atoms with Crippen LogP contribution in [0.2, 0.25) is 0 Å². The van der Waals surface area contributed by atoms with E-state index in [1.807, 2.05) is 29.1 Å². The lowest BCUT2D eigenvalue weighted by Crippen LogP contribution is -2.08. The molecule has 0 saturated carbocycles. The zero-order valence-corrected chi connectivity index (χ0v) is 13.6. The quantitative estimate of drug-likeness (QED) is 0.726. The maximum absolute atomic E-state index is 4.62. The highest BCUT2D eigenvalue weighted by Gasteiger charge is 2.14. The predicted octanol–water partition coefficient (Wildman–Crippen LogP) is 3.37. The van der Waals surface area contributed by atoms with Crippen molar-refractivity contribution >= 4 is 28.7 Å². The zero-order valence-electron chi connectivity index (χ0n) is 13.6. The second kappa shape index (κ2) is 6.60. The number of fused-ring (bicyclic) bond motifs is 1. The minimum atomic E-state index is 0.275. The van der Waals surface area contributed by atoms with E-state index in [9.17, 15) is 0 Å². The molecule has 0 aliphatic carbocycles. The number of nitrogens with one attached hydrogen (secondary N) is 2. The summed E-state index contributed by atoms with van der Waals surface area (Å²) in [5, 5.41) is 6.48. The van der Waals surface area contributed by atoms with E-state index in [4.69, 9.17) is 0 Å². The first-order chi connectivity index (χ1) is 11.2. The molecule has 0 atom stereocenters. The molecule has 0 bridgehead atoms. The maximum Gasteiger partial charge on any atom is 0.232 e. The van der Waals surface area contributed by atoms with Gasteiger partial charge < -0.3 is 15.2 Å². The van der Waals surface area contributed by atoms with Crippen LogP contribution >= 0.6 is 0 Å². The second-order valence-electron chi connectivity index (χ2n) is 5.58. The molecule has 0 saturated heterocycles. The molecule has 0 fully saturated rings. The monoisotopic (exact) mass is 311 g/mol. The Hall–Kier alpha value is -2.70. The van der Waals surface area contributed by atoms with Crippen molar-refractivity contribution in [3.63, 3.8) is 0 Å². The van der Waals surface area contributed by atoms with Gasteiger partial charge in [0.15, 0.2) is 17.0 Å². The van der Waals surface area contributed by atoms with Gasteiger partial charge in [-0.1, -0.05) is 13.0 Å². The second-order valence-corrected chi connectivity index (χ2v) is 5.58. The van der Waals surface area contributed by atoms with Gasteiger partial charge in [-0.3, -0.25) is 0 Å². The SMILES string of the molecule is CCCNc1nc(Nc2ccccn2)nc2c1ncn2C(C)C. The number of pyridine rings is 1. The molecule has 3 rings (SSSR count). The lowest BCUT2D eigenvalue weighted by Gasteiger charge is -2.11. The molecule has 0 radical (unpaired) electrons. The average Bonchev–Trinajstić information content (AvgIpc) is 2.98. The molecule has 0 aliphatic heterocycles. The first-order valence-corrected chi connectivity index (χ1v) is 7.85. The van der Waals surface area contributed by atoms with Gasteiger partial charge in [-0.05, 0) is 32.4 Å². The van der Waals surface area contributed by atoms with Crippen molar-refractivity contribution in [1.29, 1.82) is 0 Å². The van der Waals surface area contributed by atoms with Crippen molar-refractivity contribution in [2.24, 2.45) is 0 Å². The van der Waals surface area contributed by atoms with Crippen molar-refractivity contribution in [3.8, 4) is 0 Å². The fourth-order valence-corrected chi connectivity index (χ4v) is 2.27. The van der Waals surface area contributed by atoms with Crippen LogP contribution in [0, 0.1) is 0 Å². The summed E-state index contributed by atoms with van der Waals surface area (Å²) in [6.07, 6.45) is 4.56. The van der Waals surface area contributed by atoms with Crippen molar-refractivity contribution in [1.82, 2.24) is 24.5 Å². The molecule has 0 spiro atoms. The van der Waals surface area contributed by atoms with Gasteiger partial charge in [-0.2, -0.15) is 9.97 Å². The third-order valence-corrected chi connectivity index (χ3v) is 3.42. The van der Waals surface area contributed by atoms with Crippen molar-refractivity contribution < 1.29 is 0 Å². The third kappa shape index (κ3) is 3.23. The molecule has 120 valence electrons. The molecule has 3 aromatic heterocycles. The van der Waals surface area contributed by atoms with E-state index in [2.05, 4.69) is 51.3 Å². The number of hydrogen-bond donors (Lipinski definition) is 2. The molecule has 0 amide bonds. The molecule has 7 nitrogen and oxygen atoms in total. The Labute approximate surface area is 135 Å². The standard InChI is InChI=1S/C16H21N7/c1-4-8-18-14-13-15(23(10-19-13)11(2)3)22-16(21-14)20-12-7-5-6-9-17-12/h5-7,9-11H,4,8H2,1-3H3,(H2,17,18,20,21,22). The van der Waals surface area contributed by atoms with Crippen LogP contribution in [-0.2, 0) is 0 Å². The topological polar surface area (TPSA) is 80.6 Å². The van der Waals surface area contributed by atoms with Gasteiger partial charge in [-0.25, -0.2) is 9.97 Å². The van der Waals surface area contributed by atoms with Crippen LogP contribution in [0.4, 0.5) is 17.6 Å². The predicted molar refractivity (Wildman–Crippen MR) is 92.0 cm³/mol. The van der Waals surface area contributed by atoms with E-state index in [-0.39, 0.29) is 6.04 Å². The lowest BCUT2D eigenvalue weighted by atomic mass is 10.4. The molecule has 23 heavy (non-hydrogen) atoms. The fraction of sp³-hybridized carbons (Fsp3) is 0.375. The number of nitrogens with zero attached hydrogens (tertiary/aromatic N) is 5. The summed E-state index contributed by atoms with van der Waals surface area (Å²) >= 11 is 0. The van der Waals surface area contributed by atoms with Gasteiger partial charge in [0.1, 0.15) is 5.82 Å². The van der Waals surface area contributed by atoms with Crippen LogP contribution in [-0.4, -0.2) is 31.0 Å². The summed E-state index contributed by atoms with van der Waals surface area (Å²) in [7, 11) is 0. The number of rotatable bonds is 6. The summed E-state index contributed by atoms with van der Waals surface area (Å²) in [4.78, 5) is 17.9. The smallest absolute Gasteiger partial charge is 0.232 e. The van der Waals surface area contributed by atoms with Gasteiger partial charge in [-0.15, -0.1) is 0 Å². The van der Waals surface area contributed by atoms with Gasteiger partial charge in [0.05, 0.1) is 6.33 Å². The molecule has 0 unspecified atom stereocenters. The minimum Gasteiger partial charge on any atom is -0.368 e. The Morgan fingerprint density at radius 2 is 2.04 bits per heavy atom. The van der Waals surface area contributed by atoms with Crippen molar-refractivity contribution in [2.75, 3.05) is 17.2 Å². The van der Waals surface area contributed by atoms with E-state index < -0.39 is 0 Å². The van der Waals surface area contributed by atoms with Gasteiger partial charge in [0.2, 0.25) is 5.95 Å². The van der Waals surface area contributed by atoms with E-state index in [0.717, 1.165) is 29.9 Å². The zero-order chi connectivity index (χ0) is 16.2. The first kappa shape index (κ1) is 15.2. The van der Waals surface area contributed by atoms with E-state index in [1.165, 1.54) is 0 Å². The maximum atomic E-state index is 4.62. The summed E-state index contributed by atoms with van der Waals surface area (Å²) in [5.74, 6) is 1.97. The van der Waals surface area contributed by atoms with E-state index in [1.54, 1.807) is 6.20 Å². The van der Waals surface area contributed by atoms with Gasteiger partial charge in [0.25, 0.3) is 0 Å². The Morgan fingerprint density at radius 1 is 1.17 bits per heavy atom. The number of anilines is 3. The Morgan fingerprint density at radius 3 is 2.74 bits per heavy atom. The normalized spacial score (nSPS) is 11.1. The number of imidazole rings is 1. The summed E-state index contributed by atoms with van der Waals surface area (Å²) in [5.41, 5.74) is 1.60. The third-order valence-electron chi connectivity index (χ3n) is 3.42. The fourth-order valence-electron chi connectivity index (χ4n) is 2.27. The van der Waals surface area contributed by atoms with Crippen LogP contribution in [0.1, 0.15) is 33.2 Å². The number of aromatic nitrogens is 5. The largest absolute Gasteiger partial charge is 0.368 e. The molecule has 7 heteroatoms. The van der Waals surface area contributed by atoms with E-state index >= 15 is 0 Å². The molecule has 3 heterocycles. The van der Waals surface area contributed by atoms with Crippen LogP contribution in [0.3, 0.4) is 0 Å². The Balaban J connectivity index is 2.05. The van der Waals surface area contributed by atoms with Crippen LogP contribution < -0.4 is 10.6 Å². The van der Waals surface area contributed by atoms with E-state index in [0.29, 0.717) is 11.8 Å². The summed E-state index contributed by atoms with van der Waals surface area (Å²) in [6.45, 7) is 7.16. The highest BCUT2D eigenvalue weighted by molar-refractivity contribution is 5.84. The Kier molecular flexibility index (Phi) is 4.36. The summed E-state index contributed by atoms with van der Waals surface area (Å²) < 4.78 is 2.04. The molecule has 0 aromatic carbocycles. The average molecular weight is 311 g/mol. The van der Waals surface area contributed by atoms with Crippen LogP contribution in [0.5, 0.6) is 0 Å². The molecule has 3 aromatic rings.